The number of hydrogen-bond acceptors (Lipinski definition) is 2. The van der Waals surface area contributed by atoms with Crippen LogP contribution in [-0.2, 0) is 0 Å². The molecule has 0 heterocycles. The quantitative estimate of drug-likeness (QED) is 0.595. The minimum absolute atomic E-state index is 0.0323. The smallest absolute Gasteiger partial charge is 0.185 e. The van der Waals surface area contributed by atoms with E-state index in [1.54, 1.807) is 25.3 Å². The highest BCUT2D eigenvalue weighted by Gasteiger charge is 2.17. The minimum atomic E-state index is -0.0323. The van der Waals surface area contributed by atoms with Crippen molar-refractivity contribution < 1.29 is 9.53 Å². The van der Waals surface area contributed by atoms with Crippen molar-refractivity contribution >= 4 is 19.1 Å². The highest BCUT2D eigenvalue weighted by molar-refractivity contribution is 6.48. The van der Waals surface area contributed by atoms with Crippen LogP contribution in [0.3, 0.4) is 0 Å². The Hall–Kier alpha value is -1.51. The number of allylic oxidation sites excluding steroid dienone is 1. The molecule has 13 heavy (non-hydrogen) atoms. The molecule has 2 rings (SSSR count). The van der Waals surface area contributed by atoms with E-state index in [0.717, 1.165) is 5.56 Å². The number of fused-ring (bicyclic) bond motifs is 1. The molecule has 0 aliphatic heterocycles. The number of ketones is 1. The molecular weight excluding hydrogens is 163 g/mol. The first-order valence-electron chi connectivity index (χ1n) is 3.92. The van der Waals surface area contributed by atoms with E-state index >= 15 is 0 Å². The maximum atomic E-state index is 11.3. The predicted octanol–water partition coefficient (Wildman–Crippen LogP) is 1.40. The van der Waals surface area contributed by atoms with E-state index in [-0.39, 0.29) is 5.78 Å². The summed E-state index contributed by atoms with van der Waals surface area (Å²) in [6.45, 7) is 0. The highest BCUT2D eigenvalue weighted by atomic mass is 16.5. The average molecular weight is 170 g/mol. The number of ether oxygens (including phenoxy) is 1. The van der Waals surface area contributed by atoms with Gasteiger partial charge in [-0.15, -0.1) is 0 Å². The second-order valence-corrected chi connectivity index (χ2v) is 2.88. The van der Waals surface area contributed by atoms with E-state index in [1.807, 2.05) is 0 Å². The van der Waals surface area contributed by atoms with Gasteiger partial charge in [0.25, 0.3) is 0 Å². The molecule has 2 radical (unpaired) electrons. The van der Waals surface area contributed by atoms with E-state index < -0.39 is 0 Å². The van der Waals surface area contributed by atoms with E-state index in [0.29, 0.717) is 16.8 Å². The molecule has 1 aliphatic rings. The van der Waals surface area contributed by atoms with Crippen molar-refractivity contribution in [2.45, 2.75) is 0 Å². The summed E-state index contributed by atoms with van der Waals surface area (Å²) in [5, 5.41) is 0. The number of carbonyl (C=O) groups excluding carboxylic acids is 1. The standard InChI is InChI=1S/C10H7BO2/c1-13-6-2-3-7-8(4-6)9(11)5-10(7)12/h2-5H,1H3. The largest absolute Gasteiger partial charge is 0.497 e. The van der Waals surface area contributed by atoms with Crippen molar-refractivity contribution in [3.8, 4) is 5.75 Å². The van der Waals surface area contributed by atoms with Crippen LogP contribution in [0.25, 0.3) is 5.47 Å². The van der Waals surface area contributed by atoms with Crippen LogP contribution in [0.1, 0.15) is 15.9 Å². The lowest BCUT2D eigenvalue weighted by molar-refractivity contribution is 0.105. The molecule has 62 valence electrons. The Kier molecular flexibility index (Phi) is 1.73. The van der Waals surface area contributed by atoms with Gasteiger partial charge >= 0.3 is 0 Å². The molecule has 1 aromatic rings. The van der Waals surface area contributed by atoms with Gasteiger partial charge in [-0.05, 0) is 29.8 Å². The average Bonchev–Trinajstić information content (AvgIpc) is 2.42. The molecule has 0 atom stereocenters. The number of methoxy groups -OCH3 is 1. The Morgan fingerprint density at radius 3 is 2.77 bits per heavy atom. The van der Waals surface area contributed by atoms with Crippen LogP contribution in [0.4, 0.5) is 0 Å². The molecule has 0 N–H and O–H groups in total. The maximum absolute atomic E-state index is 11.3. The fourth-order valence-electron chi connectivity index (χ4n) is 1.40. The van der Waals surface area contributed by atoms with Gasteiger partial charge < -0.3 is 4.74 Å². The van der Waals surface area contributed by atoms with Gasteiger partial charge in [-0.2, -0.15) is 0 Å². The Balaban J connectivity index is 2.59. The number of carbonyl (C=O) groups is 1. The summed E-state index contributed by atoms with van der Waals surface area (Å²) in [4.78, 5) is 11.3. The van der Waals surface area contributed by atoms with Crippen molar-refractivity contribution in [1.82, 2.24) is 0 Å². The first kappa shape index (κ1) is 8.11. The van der Waals surface area contributed by atoms with Crippen molar-refractivity contribution in [2.24, 2.45) is 0 Å². The zero-order valence-corrected chi connectivity index (χ0v) is 7.20. The Morgan fingerprint density at radius 2 is 2.08 bits per heavy atom. The summed E-state index contributed by atoms with van der Waals surface area (Å²) < 4.78 is 5.03. The lowest BCUT2D eigenvalue weighted by atomic mass is 9.90. The van der Waals surface area contributed by atoms with Gasteiger partial charge in [0.1, 0.15) is 13.6 Å². The zero-order chi connectivity index (χ0) is 9.42. The maximum Gasteiger partial charge on any atom is 0.185 e. The molecule has 0 saturated carbocycles. The number of rotatable bonds is 1. The van der Waals surface area contributed by atoms with Crippen LogP contribution < -0.4 is 4.74 Å². The monoisotopic (exact) mass is 170 g/mol. The van der Waals surface area contributed by atoms with Crippen molar-refractivity contribution in [2.75, 3.05) is 7.11 Å². The third-order valence-corrected chi connectivity index (χ3v) is 2.09. The Labute approximate surface area is 77.6 Å². The molecule has 0 fully saturated rings. The van der Waals surface area contributed by atoms with Crippen LogP contribution in [0, 0.1) is 0 Å². The summed E-state index contributed by atoms with van der Waals surface area (Å²) in [6, 6.07) is 5.25. The Morgan fingerprint density at radius 1 is 1.31 bits per heavy atom. The molecule has 0 saturated heterocycles. The Bertz CT molecular complexity index is 407. The van der Waals surface area contributed by atoms with Gasteiger partial charge in [-0.1, -0.05) is 5.47 Å². The minimum Gasteiger partial charge on any atom is -0.497 e. The van der Waals surface area contributed by atoms with Gasteiger partial charge in [-0.3, -0.25) is 4.79 Å². The van der Waals surface area contributed by atoms with Crippen LogP contribution in [0.2, 0.25) is 0 Å². The molecule has 2 nitrogen and oxygen atoms in total. The van der Waals surface area contributed by atoms with Crippen LogP contribution >= 0.6 is 0 Å². The molecule has 0 bridgehead atoms. The summed E-state index contributed by atoms with van der Waals surface area (Å²) in [7, 11) is 7.23. The molecule has 3 heteroatoms. The lowest BCUT2D eigenvalue weighted by Crippen LogP contribution is -1.92. The van der Waals surface area contributed by atoms with Crippen molar-refractivity contribution in [3.63, 3.8) is 0 Å². The predicted molar refractivity (Wildman–Crippen MR) is 51.1 cm³/mol. The summed E-state index contributed by atoms with van der Waals surface area (Å²) >= 11 is 0. The van der Waals surface area contributed by atoms with E-state index in [2.05, 4.69) is 0 Å². The summed E-state index contributed by atoms with van der Waals surface area (Å²) in [5.41, 5.74) is 1.93. The highest BCUT2D eigenvalue weighted by Crippen LogP contribution is 2.28. The second-order valence-electron chi connectivity index (χ2n) is 2.88. The molecule has 1 aromatic carbocycles. The first-order chi connectivity index (χ1) is 6.22. The zero-order valence-electron chi connectivity index (χ0n) is 7.20. The fourth-order valence-corrected chi connectivity index (χ4v) is 1.40. The second kappa shape index (κ2) is 2.77. The third-order valence-electron chi connectivity index (χ3n) is 2.09. The van der Waals surface area contributed by atoms with Crippen LogP contribution in [0.15, 0.2) is 24.3 Å². The normalized spacial score (nSPS) is 13.9. The molecule has 1 aliphatic carbocycles. The summed E-state index contributed by atoms with van der Waals surface area (Å²) in [5.74, 6) is 0.681. The number of benzene rings is 1. The molecule has 0 aromatic heterocycles. The topological polar surface area (TPSA) is 26.3 Å². The molecule has 0 unspecified atom stereocenters. The fraction of sp³-hybridized carbons (Fsp3) is 0.100. The van der Waals surface area contributed by atoms with E-state index in [1.165, 1.54) is 6.08 Å². The van der Waals surface area contributed by atoms with Crippen molar-refractivity contribution in [1.29, 1.82) is 0 Å². The van der Waals surface area contributed by atoms with Crippen LogP contribution in [0.5, 0.6) is 5.75 Å². The van der Waals surface area contributed by atoms with Gasteiger partial charge in [0.2, 0.25) is 0 Å². The van der Waals surface area contributed by atoms with E-state index in [9.17, 15) is 4.79 Å². The van der Waals surface area contributed by atoms with Crippen LogP contribution in [-0.4, -0.2) is 20.7 Å². The SMILES string of the molecule is [B]C1=CC(=O)c2ccc(OC)cc21. The molecular formula is C10H7BO2. The summed E-state index contributed by atoms with van der Waals surface area (Å²) in [6.07, 6.45) is 1.43. The first-order valence-corrected chi connectivity index (χ1v) is 3.92. The van der Waals surface area contributed by atoms with E-state index in [4.69, 9.17) is 12.6 Å². The van der Waals surface area contributed by atoms with Gasteiger partial charge in [0.15, 0.2) is 5.78 Å². The van der Waals surface area contributed by atoms with Gasteiger partial charge in [-0.25, -0.2) is 0 Å². The molecule has 0 spiro atoms. The lowest BCUT2D eigenvalue weighted by Gasteiger charge is -2.03. The number of hydrogen-bond donors (Lipinski definition) is 0. The third kappa shape index (κ3) is 1.17. The van der Waals surface area contributed by atoms with Crippen molar-refractivity contribution in [3.05, 3.63) is 35.4 Å². The molecule has 0 amide bonds. The van der Waals surface area contributed by atoms with Gasteiger partial charge in [0.05, 0.1) is 7.11 Å². The van der Waals surface area contributed by atoms with Gasteiger partial charge in [0, 0.05) is 5.56 Å².